The summed E-state index contributed by atoms with van der Waals surface area (Å²) in [6.07, 6.45) is 0. The van der Waals surface area contributed by atoms with Gasteiger partial charge in [0, 0.05) is 22.4 Å². The average Bonchev–Trinajstić information content (AvgIpc) is 2.85. The SMILES string of the molecule is Nc1cccc(-c2ccc(-c3nc(-c4ccccc4)nc(-c4ccccc4)n3)cc2)c1. The first kappa shape index (κ1) is 18.7. The van der Waals surface area contributed by atoms with Crippen LogP contribution in [0.15, 0.2) is 109 Å². The smallest absolute Gasteiger partial charge is 0.164 e. The Kier molecular flexibility index (Phi) is 4.95. The molecule has 4 heteroatoms. The molecule has 1 aromatic heterocycles. The van der Waals surface area contributed by atoms with Crippen molar-refractivity contribution in [1.82, 2.24) is 15.0 Å². The van der Waals surface area contributed by atoms with E-state index in [-0.39, 0.29) is 0 Å². The van der Waals surface area contributed by atoms with Gasteiger partial charge in [0.2, 0.25) is 0 Å². The molecule has 0 radical (unpaired) electrons. The van der Waals surface area contributed by atoms with Crippen LogP contribution in [-0.4, -0.2) is 15.0 Å². The van der Waals surface area contributed by atoms with Gasteiger partial charge in [-0.1, -0.05) is 97.1 Å². The fourth-order valence-corrected chi connectivity index (χ4v) is 3.47. The molecule has 0 unspecified atom stereocenters. The predicted molar refractivity (Wildman–Crippen MR) is 126 cm³/mol. The maximum Gasteiger partial charge on any atom is 0.164 e. The summed E-state index contributed by atoms with van der Waals surface area (Å²) < 4.78 is 0. The summed E-state index contributed by atoms with van der Waals surface area (Å²) in [5.74, 6) is 1.96. The Bertz CT molecular complexity index is 1260. The Hall–Kier alpha value is -4.31. The first-order valence-corrected chi connectivity index (χ1v) is 10.1. The summed E-state index contributed by atoms with van der Waals surface area (Å²) in [4.78, 5) is 14.3. The molecule has 0 amide bonds. The van der Waals surface area contributed by atoms with E-state index in [4.69, 9.17) is 20.7 Å². The number of anilines is 1. The van der Waals surface area contributed by atoms with Crippen LogP contribution >= 0.6 is 0 Å². The van der Waals surface area contributed by atoms with Crippen molar-refractivity contribution in [1.29, 1.82) is 0 Å². The molecule has 4 aromatic carbocycles. The highest BCUT2D eigenvalue weighted by Gasteiger charge is 2.12. The van der Waals surface area contributed by atoms with Crippen molar-refractivity contribution in [3.63, 3.8) is 0 Å². The average molecular weight is 400 g/mol. The molecule has 1 heterocycles. The summed E-state index contributed by atoms with van der Waals surface area (Å²) in [5, 5.41) is 0. The van der Waals surface area contributed by atoms with Gasteiger partial charge in [0.05, 0.1) is 0 Å². The van der Waals surface area contributed by atoms with Gasteiger partial charge in [-0.25, -0.2) is 15.0 Å². The second-order valence-corrected chi connectivity index (χ2v) is 7.24. The Morgan fingerprint density at radius 1 is 0.387 bits per heavy atom. The monoisotopic (exact) mass is 400 g/mol. The molecule has 4 nitrogen and oxygen atoms in total. The Labute approximate surface area is 181 Å². The van der Waals surface area contributed by atoms with Crippen LogP contribution in [0, 0.1) is 0 Å². The van der Waals surface area contributed by atoms with Gasteiger partial charge in [-0.2, -0.15) is 0 Å². The van der Waals surface area contributed by atoms with Crippen molar-refractivity contribution in [3.05, 3.63) is 109 Å². The van der Waals surface area contributed by atoms with Gasteiger partial charge >= 0.3 is 0 Å². The van der Waals surface area contributed by atoms with Gasteiger partial charge in [0.1, 0.15) is 0 Å². The molecule has 0 aliphatic carbocycles. The van der Waals surface area contributed by atoms with E-state index in [0.29, 0.717) is 17.5 Å². The lowest BCUT2D eigenvalue weighted by Crippen LogP contribution is -2.00. The number of nitrogen functional groups attached to an aromatic ring is 1. The second kappa shape index (κ2) is 8.20. The van der Waals surface area contributed by atoms with Crippen LogP contribution in [-0.2, 0) is 0 Å². The largest absolute Gasteiger partial charge is 0.399 e. The molecule has 0 fully saturated rings. The lowest BCUT2D eigenvalue weighted by atomic mass is 10.0. The molecule has 31 heavy (non-hydrogen) atoms. The fraction of sp³-hybridized carbons (Fsp3) is 0. The number of nitrogens with zero attached hydrogens (tertiary/aromatic N) is 3. The van der Waals surface area contributed by atoms with E-state index >= 15 is 0 Å². The zero-order valence-corrected chi connectivity index (χ0v) is 16.8. The Morgan fingerprint density at radius 2 is 0.806 bits per heavy atom. The molecule has 0 atom stereocenters. The van der Waals surface area contributed by atoms with Crippen LogP contribution in [0.3, 0.4) is 0 Å². The van der Waals surface area contributed by atoms with E-state index in [0.717, 1.165) is 33.5 Å². The van der Waals surface area contributed by atoms with Crippen molar-refractivity contribution in [2.45, 2.75) is 0 Å². The van der Waals surface area contributed by atoms with Crippen LogP contribution < -0.4 is 5.73 Å². The minimum atomic E-state index is 0.645. The lowest BCUT2D eigenvalue weighted by Gasteiger charge is -2.09. The molecule has 0 saturated heterocycles. The number of benzene rings is 4. The van der Waals surface area contributed by atoms with Gasteiger partial charge in [-0.05, 0) is 23.3 Å². The van der Waals surface area contributed by atoms with Gasteiger partial charge < -0.3 is 5.73 Å². The highest BCUT2D eigenvalue weighted by molar-refractivity contribution is 5.71. The van der Waals surface area contributed by atoms with E-state index in [1.54, 1.807) is 0 Å². The summed E-state index contributed by atoms with van der Waals surface area (Å²) in [5.41, 5.74) is 11.7. The van der Waals surface area contributed by atoms with Crippen LogP contribution in [0.1, 0.15) is 0 Å². The van der Waals surface area contributed by atoms with Gasteiger partial charge in [0.15, 0.2) is 17.5 Å². The zero-order chi connectivity index (χ0) is 21.0. The highest BCUT2D eigenvalue weighted by Crippen LogP contribution is 2.27. The number of aromatic nitrogens is 3. The quantitative estimate of drug-likeness (QED) is 0.369. The van der Waals surface area contributed by atoms with E-state index in [1.165, 1.54) is 0 Å². The molecule has 0 aliphatic heterocycles. The van der Waals surface area contributed by atoms with Crippen LogP contribution in [0.25, 0.3) is 45.3 Å². The van der Waals surface area contributed by atoms with Gasteiger partial charge in [0.25, 0.3) is 0 Å². The lowest BCUT2D eigenvalue weighted by molar-refractivity contribution is 1.07. The summed E-state index contributed by atoms with van der Waals surface area (Å²) in [6.45, 7) is 0. The number of nitrogens with two attached hydrogens (primary N) is 1. The summed E-state index contributed by atoms with van der Waals surface area (Å²) in [7, 11) is 0. The third-order valence-electron chi connectivity index (χ3n) is 5.06. The van der Waals surface area contributed by atoms with Gasteiger partial charge in [-0.3, -0.25) is 0 Å². The zero-order valence-electron chi connectivity index (χ0n) is 16.8. The second-order valence-electron chi connectivity index (χ2n) is 7.24. The van der Waals surface area contributed by atoms with Crippen LogP contribution in [0.4, 0.5) is 5.69 Å². The first-order valence-electron chi connectivity index (χ1n) is 10.1. The van der Waals surface area contributed by atoms with E-state index in [2.05, 4.69) is 18.2 Å². The van der Waals surface area contributed by atoms with Gasteiger partial charge in [-0.15, -0.1) is 0 Å². The Balaban J connectivity index is 1.59. The van der Waals surface area contributed by atoms with Crippen LogP contribution in [0.2, 0.25) is 0 Å². The minimum Gasteiger partial charge on any atom is -0.399 e. The van der Waals surface area contributed by atoms with Crippen molar-refractivity contribution in [2.24, 2.45) is 0 Å². The van der Waals surface area contributed by atoms with E-state index in [1.807, 2.05) is 91.0 Å². The summed E-state index contributed by atoms with van der Waals surface area (Å²) in [6, 6.07) is 36.0. The normalized spacial score (nSPS) is 10.7. The molecule has 148 valence electrons. The molecule has 0 aliphatic rings. The predicted octanol–water partition coefficient (Wildman–Crippen LogP) is 6.12. The standard InChI is InChI=1S/C27H20N4/c28-24-13-7-12-23(18-24)19-14-16-22(17-15-19)27-30-25(20-8-3-1-4-9-20)29-26(31-27)21-10-5-2-6-11-21/h1-18H,28H2. The molecule has 0 saturated carbocycles. The maximum absolute atomic E-state index is 5.93. The first-order chi connectivity index (χ1) is 15.3. The minimum absolute atomic E-state index is 0.645. The van der Waals surface area contributed by atoms with Crippen LogP contribution in [0.5, 0.6) is 0 Å². The Morgan fingerprint density at radius 3 is 1.29 bits per heavy atom. The fourth-order valence-electron chi connectivity index (χ4n) is 3.47. The number of hydrogen-bond acceptors (Lipinski definition) is 4. The molecule has 0 spiro atoms. The number of hydrogen-bond donors (Lipinski definition) is 1. The van der Waals surface area contributed by atoms with Crippen molar-refractivity contribution in [2.75, 3.05) is 5.73 Å². The number of rotatable bonds is 4. The molecule has 5 aromatic rings. The van der Waals surface area contributed by atoms with E-state index in [9.17, 15) is 0 Å². The molecular formula is C27H20N4. The maximum atomic E-state index is 5.93. The topological polar surface area (TPSA) is 64.7 Å². The van der Waals surface area contributed by atoms with Crippen molar-refractivity contribution in [3.8, 4) is 45.3 Å². The van der Waals surface area contributed by atoms with Crippen molar-refractivity contribution < 1.29 is 0 Å². The summed E-state index contributed by atoms with van der Waals surface area (Å²) >= 11 is 0. The van der Waals surface area contributed by atoms with Crippen molar-refractivity contribution >= 4 is 5.69 Å². The third kappa shape index (κ3) is 4.05. The van der Waals surface area contributed by atoms with E-state index < -0.39 is 0 Å². The molecule has 5 rings (SSSR count). The third-order valence-corrected chi connectivity index (χ3v) is 5.06. The molecule has 2 N–H and O–H groups in total. The highest BCUT2D eigenvalue weighted by atomic mass is 15.0. The molecule has 0 bridgehead atoms. The molecular weight excluding hydrogens is 380 g/mol.